The van der Waals surface area contributed by atoms with Gasteiger partial charge in [-0.2, -0.15) is 4.98 Å². The maximum atomic E-state index is 12.2. The number of amides is 2. The van der Waals surface area contributed by atoms with E-state index in [-0.39, 0.29) is 17.9 Å². The highest BCUT2D eigenvalue weighted by Gasteiger charge is 2.17. The summed E-state index contributed by atoms with van der Waals surface area (Å²) in [5.74, 6) is -1.06. The molecule has 31 heavy (non-hydrogen) atoms. The first-order valence-corrected chi connectivity index (χ1v) is 10.9. The molecule has 4 rings (SSSR count). The van der Waals surface area contributed by atoms with Crippen molar-refractivity contribution >= 4 is 50.8 Å². The van der Waals surface area contributed by atoms with Gasteiger partial charge in [-0.05, 0) is 23.9 Å². The van der Waals surface area contributed by atoms with Crippen LogP contribution in [0, 0.1) is 17.0 Å². The molecule has 2 amide bonds. The van der Waals surface area contributed by atoms with E-state index in [4.69, 9.17) is 0 Å². The van der Waals surface area contributed by atoms with Crippen molar-refractivity contribution in [2.75, 3.05) is 11.9 Å². The zero-order valence-electron chi connectivity index (χ0n) is 16.2. The zero-order chi connectivity index (χ0) is 22.0. The van der Waals surface area contributed by atoms with E-state index in [9.17, 15) is 19.7 Å². The molecule has 0 bridgehead atoms. The number of nitro benzene ring substituents is 1. The molecule has 0 spiro atoms. The van der Waals surface area contributed by atoms with Crippen LogP contribution in [0.1, 0.15) is 11.3 Å². The minimum Gasteiger partial charge on any atom is -0.347 e. The van der Waals surface area contributed by atoms with Crippen LogP contribution in [0.4, 0.5) is 11.4 Å². The number of benzene rings is 1. The molecule has 2 N–H and O–H groups in total. The van der Waals surface area contributed by atoms with Crippen LogP contribution >= 0.6 is 22.7 Å². The molecule has 3 heterocycles. The second-order valence-electron chi connectivity index (χ2n) is 6.55. The third kappa shape index (κ3) is 4.44. The highest BCUT2D eigenvalue weighted by Crippen LogP contribution is 2.24. The van der Waals surface area contributed by atoms with Crippen LogP contribution in [0.15, 0.2) is 41.1 Å². The molecular formula is C19H16N6O4S2. The highest BCUT2D eigenvalue weighted by molar-refractivity contribution is 7.15. The molecule has 0 aliphatic heterocycles. The number of fused-ring (bicyclic) bond motifs is 1. The number of nitrogens with zero attached hydrogens (tertiary/aromatic N) is 4. The number of aromatic nitrogens is 3. The lowest BCUT2D eigenvalue weighted by Crippen LogP contribution is -2.36. The van der Waals surface area contributed by atoms with E-state index in [2.05, 4.69) is 20.7 Å². The number of thiazole rings is 1. The molecule has 0 saturated heterocycles. The van der Waals surface area contributed by atoms with Gasteiger partial charge in [-0.1, -0.05) is 12.1 Å². The number of rotatable bonds is 6. The standard InChI is InChI=1S/C19H16N6O4S2/c1-11-4-5-12(25(28)29)9-14(11)21-18(27)17(26)20-7-6-13-10-31-19-22-16(23-24(13)19)15-3-2-8-30-15/h2-5,8-10H,6-7H2,1H3,(H,20,26)(H,21,27). The second kappa shape index (κ2) is 8.62. The van der Waals surface area contributed by atoms with Crippen LogP contribution in [0.2, 0.25) is 0 Å². The molecule has 10 nitrogen and oxygen atoms in total. The van der Waals surface area contributed by atoms with E-state index in [1.54, 1.807) is 22.8 Å². The Labute approximate surface area is 183 Å². The molecule has 1 aromatic carbocycles. The first-order valence-electron chi connectivity index (χ1n) is 9.13. The molecule has 0 radical (unpaired) electrons. The Morgan fingerprint density at radius 3 is 2.81 bits per heavy atom. The van der Waals surface area contributed by atoms with E-state index in [0.29, 0.717) is 17.8 Å². The molecule has 0 fully saturated rings. The quantitative estimate of drug-likeness (QED) is 0.260. The topological polar surface area (TPSA) is 132 Å². The van der Waals surface area contributed by atoms with Gasteiger partial charge in [-0.3, -0.25) is 19.7 Å². The fourth-order valence-corrected chi connectivity index (χ4v) is 4.34. The van der Waals surface area contributed by atoms with E-state index in [1.807, 2.05) is 22.9 Å². The number of thiophene rings is 1. The summed E-state index contributed by atoms with van der Waals surface area (Å²) in [5.41, 5.74) is 1.53. The van der Waals surface area contributed by atoms with Gasteiger partial charge >= 0.3 is 11.8 Å². The Bertz CT molecular complexity index is 1280. The molecule has 158 valence electrons. The molecule has 0 atom stereocenters. The van der Waals surface area contributed by atoms with E-state index in [0.717, 1.165) is 15.5 Å². The number of aryl methyl sites for hydroxylation is 1. The summed E-state index contributed by atoms with van der Waals surface area (Å²) in [6.45, 7) is 1.90. The van der Waals surface area contributed by atoms with Gasteiger partial charge in [0.25, 0.3) is 5.69 Å². The second-order valence-corrected chi connectivity index (χ2v) is 8.33. The third-order valence-corrected chi connectivity index (χ3v) is 6.18. The fourth-order valence-electron chi connectivity index (χ4n) is 2.83. The van der Waals surface area contributed by atoms with Gasteiger partial charge in [-0.15, -0.1) is 27.8 Å². The maximum Gasteiger partial charge on any atom is 0.313 e. The summed E-state index contributed by atoms with van der Waals surface area (Å²) in [4.78, 5) is 40.9. The van der Waals surface area contributed by atoms with Crippen LogP contribution in [0.3, 0.4) is 0 Å². The Kier molecular flexibility index (Phi) is 5.73. The van der Waals surface area contributed by atoms with Crippen molar-refractivity contribution in [2.45, 2.75) is 13.3 Å². The number of non-ortho nitro benzene ring substituents is 1. The van der Waals surface area contributed by atoms with Crippen molar-refractivity contribution in [3.63, 3.8) is 0 Å². The van der Waals surface area contributed by atoms with Gasteiger partial charge < -0.3 is 10.6 Å². The SMILES string of the molecule is Cc1ccc([N+](=O)[O-])cc1NC(=O)C(=O)NCCc1csc2nc(-c3cccs3)nn12. The lowest BCUT2D eigenvalue weighted by molar-refractivity contribution is -0.384. The highest BCUT2D eigenvalue weighted by atomic mass is 32.1. The van der Waals surface area contributed by atoms with Crippen LogP contribution in [0.25, 0.3) is 15.7 Å². The Morgan fingerprint density at radius 2 is 2.06 bits per heavy atom. The average molecular weight is 457 g/mol. The predicted molar refractivity (Wildman–Crippen MR) is 117 cm³/mol. The van der Waals surface area contributed by atoms with Gasteiger partial charge in [-0.25, -0.2) is 4.52 Å². The van der Waals surface area contributed by atoms with Gasteiger partial charge in [0.05, 0.1) is 21.2 Å². The molecule has 0 aliphatic rings. The maximum absolute atomic E-state index is 12.2. The molecule has 0 unspecified atom stereocenters. The van der Waals surface area contributed by atoms with Crippen molar-refractivity contribution in [3.8, 4) is 10.7 Å². The van der Waals surface area contributed by atoms with Crippen molar-refractivity contribution in [2.24, 2.45) is 0 Å². The van der Waals surface area contributed by atoms with Gasteiger partial charge in [0.2, 0.25) is 4.96 Å². The Balaban J connectivity index is 1.35. The van der Waals surface area contributed by atoms with Gasteiger partial charge in [0, 0.05) is 30.5 Å². The predicted octanol–water partition coefficient (Wildman–Crippen LogP) is 3.03. The van der Waals surface area contributed by atoms with Crippen molar-refractivity contribution in [1.82, 2.24) is 19.9 Å². The van der Waals surface area contributed by atoms with Gasteiger partial charge in [0.1, 0.15) is 0 Å². The first kappa shape index (κ1) is 20.6. The number of nitrogens with one attached hydrogen (secondary N) is 2. The van der Waals surface area contributed by atoms with E-state index in [1.165, 1.54) is 29.5 Å². The number of anilines is 1. The number of hydrogen-bond acceptors (Lipinski definition) is 8. The first-order chi connectivity index (χ1) is 14.9. The summed E-state index contributed by atoms with van der Waals surface area (Å²) in [6, 6.07) is 7.95. The fraction of sp³-hybridized carbons (Fsp3) is 0.158. The minimum atomic E-state index is -0.889. The average Bonchev–Trinajstić information content (AvgIpc) is 3.47. The normalized spacial score (nSPS) is 10.9. The van der Waals surface area contributed by atoms with Crippen molar-refractivity contribution in [1.29, 1.82) is 0 Å². The zero-order valence-corrected chi connectivity index (χ0v) is 17.8. The molecule has 0 aliphatic carbocycles. The smallest absolute Gasteiger partial charge is 0.313 e. The lowest BCUT2D eigenvalue weighted by Gasteiger charge is -2.08. The summed E-state index contributed by atoms with van der Waals surface area (Å²) < 4.78 is 1.73. The number of carbonyl (C=O) groups is 2. The van der Waals surface area contributed by atoms with Crippen LogP contribution in [-0.4, -0.2) is 37.9 Å². The minimum absolute atomic E-state index is 0.169. The summed E-state index contributed by atoms with van der Waals surface area (Å²) in [7, 11) is 0. The van der Waals surface area contributed by atoms with Crippen LogP contribution < -0.4 is 10.6 Å². The van der Waals surface area contributed by atoms with E-state index < -0.39 is 16.7 Å². The molecule has 12 heteroatoms. The van der Waals surface area contributed by atoms with Crippen LogP contribution in [-0.2, 0) is 16.0 Å². The Morgan fingerprint density at radius 1 is 1.23 bits per heavy atom. The lowest BCUT2D eigenvalue weighted by atomic mass is 10.2. The number of hydrogen-bond donors (Lipinski definition) is 2. The summed E-state index contributed by atoms with van der Waals surface area (Å²) in [5, 5.41) is 24.3. The summed E-state index contributed by atoms with van der Waals surface area (Å²) >= 11 is 3.01. The number of nitro groups is 1. The monoisotopic (exact) mass is 456 g/mol. The summed E-state index contributed by atoms with van der Waals surface area (Å²) in [6.07, 6.45) is 0.460. The third-order valence-electron chi connectivity index (χ3n) is 4.44. The van der Waals surface area contributed by atoms with Gasteiger partial charge in [0.15, 0.2) is 5.82 Å². The number of carbonyl (C=O) groups excluding carboxylic acids is 2. The molecule has 3 aromatic heterocycles. The molecular weight excluding hydrogens is 440 g/mol. The van der Waals surface area contributed by atoms with Crippen molar-refractivity contribution < 1.29 is 14.5 Å². The Hall–Kier alpha value is -3.64. The van der Waals surface area contributed by atoms with Crippen LogP contribution in [0.5, 0.6) is 0 Å². The molecule has 4 aromatic rings. The molecule has 0 saturated carbocycles. The van der Waals surface area contributed by atoms with Crippen molar-refractivity contribution in [3.05, 3.63) is 62.5 Å². The van der Waals surface area contributed by atoms with E-state index >= 15 is 0 Å². The largest absolute Gasteiger partial charge is 0.347 e.